The van der Waals surface area contributed by atoms with Gasteiger partial charge in [-0.05, 0) is 36.7 Å². The molecule has 2 unspecified atom stereocenters. The van der Waals surface area contributed by atoms with Gasteiger partial charge in [0.15, 0.2) is 0 Å². The summed E-state index contributed by atoms with van der Waals surface area (Å²) in [5.74, 6) is -0.576. The summed E-state index contributed by atoms with van der Waals surface area (Å²) in [5.41, 5.74) is -4.46. The number of nitrogens with one attached hydrogen (secondary N) is 1. The van der Waals surface area contributed by atoms with E-state index in [1.165, 1.54) is 24.3 Å². The lowest BCUT2D eigenvalue weighted by Crippen LogP contribution is -2.45. The van der Waals surface area contributed by atoms with Crippen molar-refractivity contribution in [3.8, 4) is 0 Å². The maximum Gasteiger partial charge on any atom is 0.446 e. The van der Waals surface area contributed by atoms with Gasteiger partial charge in [0.05, 0.1) is 17.7 Å². The molecule has 0 radical (unpaired) electrons. The van der Waals surface area contributed by atoms with Gasteiger partial charge >= 0.3 is 5.51 Å². The summed E-state index contributed by atoms with van der Waals surface area (Å²) < 4.78 is 37.5. The lowest BCUT2D eigenvalue weighted by Gasteiger charge is -2.28. The summed E-state index contributed by atoms with van der Waals surface area (Å²) in [6.45, 7) is 0. The molecule has 0 heterocycles. The molecule has 116 valence electrons. The number of hydrogen-bond acceptors (Lipinski definition) is 3. The molecule has 2 rings (SSSR count). The monoisotopic (exact) mass is 319 g/mol. The Bertz CT molecular complexity index is 507. The van der Waals surface area contributed by atoms with Crippen molar-refractivity contribution in [1.29, 1.82) is 0 Å². The molecule has 7 heteroatoms. The van der Waals surface area contributed by atoms with Crippen LogP contribution in [0.4, 0.5) is 13.2 Å². The van der Waals surface area contributed by atoms with Crippen LogP contribution in [-0.2, 0) is 0 Å². The van der Waals surface area contributed by atoms with Crippen LogP contribution in [-0.4, -0.2) is 28.7 Å². The summed E-state index contributed by atoms with van der Waals surface area (Å²) in [6.07, 6.45) is 2.39. The van der Waals surface area contributed by atoms with E-state index in [1.807, 2.05) is 0 Å². The van der Waals surface area contributed by atoms with Gasteiger partial charge in [-0.25, -0.2) is 0 Å². The minimum absolute atomic E-state index is 0.0161. The van der Waals surface area contributed by atoms with Crippen LogP contribution in [0, 0.1) is 0 Å². The molecule has 21 heavy (non-hydrogen) atoms. The first kappa shape index (κ1) is 16.2. The second-order valence-electron chi connectivity index (χ2n) is 4.98. The summed E-state index contributed by atoms with van der Waals surface area (Å²) in [6, 6.07) is 5.21. The number of carbonyl (C=O) groups is 1. The highest BCUT2D eigenvalue weighted by Gasteiger charge is 2.32. The minimum atomic E-state index is -4.44. The number of hydrogen-bond donors (Lipinski definition) is 2. The van der Waals surface area contributed by atoms with Gasteiger partial charge in [0, 0.05) is 4.90 Å². The molecule has 2 atom stereocenters. The molecule has 1 amide bonds. The first-order chi connectivity index (χ1) is 9.87. The van der Waals surface area contributed by atoms with E-state index in [1.54, 1.807) is 0 Å². The Balaban J connectivity index is 2.11. The molecule has 0 aliphatic heterocycles. The van der Waals surface area contributed by atoms with E-state index >= 15 is 0 Å². The van der Waals surface area contributed by atoms with E-state index in [4.69, 9.17) is 0 Å². The third-order valence-electron chi connectivity index (χ3n) is 3.40. The normalized spacial score (nSPS) is 22.9. The van der Waals surface area contributed by atoms with Crippen LogP contribution in [0.3, 0.4) is 0 Å². The van der Waals surface area contributed by atoms with Crippen LogP contribution in [0.5, 0.6) is 0 Å². The smallest absolute Gasteiger partial charge is 0.391 e. The fourth-order valence-corrected chi connectivity index (χ4v) is 3.06. The Labute approximate surface area is 124 Å². The highest BCUT2D eigenvalue weighted by atomic mass is 32.2. The van der Waals surface area contributed by atoms with Crippen molar-refractivity contribution in [1.82, 2.24) is 5.32 Å². The van der Waals surface area contributed by atoms with Gasteiger partial charge in [-0.3, -0.25) is 4.79 Å². The minimum Gasteiger partial charge on any atom is -0.391 e. The number of aliphatic hydroxyl groups excluding tert-OH is 1. The number of alkyl halides is 3. The Morgan fingerprint density at radius 3 is 2.57 bits per heavy atom. The summed E-state index contributed by atoms with van der Waals surface area (Å²) in [5, 5.41) is 12.5. The first-order valence-electron chi connectivity index (χ1n) is 6.70. The Morgan fingerprint density at radius 1 is 1.24 bits per heavy atom. The number of halogens is 3. The third-order valence-corrected chi connectivity index (χ3v) is 4.21. The highest BCUT2D eigenvalue weighted by Crippen LogP contribution is 2.38. The van der Waals surface area contributed by atoms with Gasteiger partial charge in [-0.2, -0.15) is 13.2 Å². The molecule has 2 N–H and O–H groups in total. The molecule has 1 aromatic rings. The van der Waals surface area contributed by atoms with Crippen LogP contribution >= 0.6 is 11.8 Å². The molecule has 1 fully saturated rings. The van der Waals surface area contributed by atoms with E-state index in [0.29, 0.717) is 12.8 Å². The molecule has 3 nitrogen and oxygen atoms in total. The largest absolute Gasteiger partial charge is 0.446 e. The zero-order valence-corrected chi connectivity index (χ0v) is 12.0. The number of rotatable bonds is 3. The quantitative estimate of drug-likeness (QED) is 0.840. The maximum absolute atomic E-state index is 12.5. The van der Waals surface area contributed by atoms with Gasteiger partial charge in [0.2, 0.25) is 0 Å². The van der Waals surface area contributed by atoms with E-state index < -0.39 is 23.6 Å². The standard InChI is InChI=1S/C14H16F3NO2S/c15-14(16,17)21-12-8-4-1-5-9(12)13(20)18-10-6-2-3-7-11(10)19/h1,4-5,8,10-11,19H,2-3,6-7H2,(H,18,20). The zero-order chi connectivity index (χ0) is 15.5. The lowest BCUT2D eigenvalue weighted by molar-refractivity contribution is -0.0328. The van der Waals surface area contributed by atoms with Crippen LogP contribution < -0.4 is 5.32 Å². The molecular weight excluding hydrogens is 303 g/mol. The van der Waals surface area contributed by atoms with Crippen LogP contribution in [0.2, 0.25) is 0 Å². The Kier molecular flexibility index (Phi) is 5.16. The molecule has 0 aromatic heterocycles. The van der Waals surface area contributed by atoms with Crippen molar-refractivity contribution >= 4 is 17.7 Å². The topological polar surface area (TPSA) is 49.3 Å². The fraction of sp³-hybridized carbons (Fsp3) is 0.500. The summed E-state index contributed by atoms with van der Waals surface area (Å²) >= 11 is -0.305. The maximum atomic E-state index is 12.5. The average Bonchev–Trinajstić information content (AvgIpc) is 2.40. The van der Waals surface area contributed by atoms with Gasteiger partial charge in [0.1, 0.15) is 0 Å². The molecule has 0 saturated heterocycles. The van der Waals surface area contributed by atoms with Crippen LogP contribution in [0.15, 0.2) is 29.2 Å². The first-order valence-corrected chi connectivity index (χ1v) is 7.52. The lowest BCUT2D eigenvalue weighted by atomic mass is 9.92. The van der Waals surface area contributed by atoms with Gasteiger partial charge in [-0.15, -0.1) is 0 Å². The van der Waals surface area contributed by atoms with Crippen molar-refractivity contribution in [3.63, 3.8) is 0 Å². The van der Waals surface area contributed by atoms with Crippen molar-refractivity contribution in [2.45, 2.75) is 48.2 Å². The van der Waals surface area contributed by atoms with Gasteiger partial charge in [-0.1, -0.05) is 25.0 Å². The molecule has 0 spiro atoms. The van der Waals surface area contributed by atoms with E-state index in [2.05, 4.69) is 5.32 Å². The van der Waals surface area contributed by atoms with Crippen molar-refractivity contribution < 1.29 is 23.1 Å². The molecule has 1 aliphatic rings. The van der Waals surface area contributed by atoms with Crippen LogP contribution in [0.25, 0.3) is 0 Å². The van der Waals surface area contributed by atoms with E-state index in [9.17, 15) is 23.1 Å². The van der Waals surface area contributed by atoms with Crippen molar-refractivity contribution in [2.24, 2.45) is 0 Å². The van der Waals surface area contributed by atoms with Crippen molar-refractivity contribution in [2.75, 3.05) is 0 Å². The molecule has 1 aliphatic carbocycles. The number of carbonyl (C=O) groups excluding carboxylic acids is 1. The SMILES string of the molecule is O=C(NC1CCCCC1O)c1ccccc1SC(F)(F)F. The fourth-order valence-electron chi connectivity index (χ4n) is 2.39. The Morgan fingerprint density at radius 2 is 1.90 bits per heavy atom. The predicted molar refractivity (Wildman–Crippen MR) is 74.1 cm³/mol. The number of amides is 1. The highest BCUT2D eigenvalue weighted by molar-refractivity contribution is 8.00. The molecule has 1 aromatic carbocycles. The summed E-state index contributed by atoms with van der Waals surface area (Å²) in [4.78, 5) is 12.0. The van der Waals surface area contributed by atoms with E-state index in [-0.39, 0.29) is 22.2 Å². The van der Waals surface area contributed by atoms with Gasteiger partial charge in [0.25, 0.3) is 5.91 Å². The second kappa shape index (κ2) is 6.70. The number of thioether (sulfide) groups is 1. The molecule has 0 bridgehead atoms. The Hall–Kier alpha value is -1.21. The second-order valence-corrected chi connectivity index (χ2v) is 6.08. The number of benzene rings is 1. The number of aliphatic hydroxyl groups is 1. The van der Waals surface area contributed by atoms with Gasteiger partial charge < -0.3 is 10.4 Å². The van der Waals surface area contributed by atoms with Crippen molar-refractivity contribution in [3.05, 3.63) is 29.8 Å². The third kappa shape index (κ3) is 4.64. The predicted octanol–water partition coefficient (Wildman–Crippen LogP) is 3.33. The average molecular weight is 319 g/mol. The summed E-state index contributed by atoms with van der Waals surface area (Å²) in [7, 11) is 0. The van der Waals surface area contributed by atoms with E-state index in [0.717, 1.165) is 12.8 Å². The zero-order valence-electron chi connectivity index (χ0n) is 11.2. The molecule has 1 saturated carbocycles. The molecular formula is C14H16F3NO2S. The van der Waals surface area contributed by atoms with Crippen LogP contribution in [0.1, 0.15) is 36.0 Å².